The number of rotatable bonds is 0. The molecule has 0 atom stereocenters. The topological polar surface area (TPSA) is 127 Å². The summed E-state index contributed by atoms with van der Waals surface area (Å²) in [6, 6.07) is 9.34. The molecule has 1 aliphatic rings. The van der Waals surface area contributed by atoms with E-state index in [1.165, 1.54) is 18.2 Å². The number of amides is 3. The summed E-state index contributed by atoms with van der Waals surface area (Å²) in [4.78, 5) is 36.4. The van der Waals surface area contributed by atoms with Crippen LogP contribution in [0.2, 0.25) is 0 Å². The molecule has 27 heavy (non-hydrogen) atoms. The highest BCUT2D eigenvalue weighted by molar-refractivity contribution is 5.93. The Morgan fingerprint density at radius 3 is 1.11 bits per heavy atom. The van der Waals surface area contributed by atoms with E-state index in [1.54, 1.807) is 18.2 Å². The Morgan fingerprint density at radius 2 is 0.815 bits per heavy atom. The van der Waals surface area contributed by atoms with E-state index >= 15 is 0 Å². The first-order valence-electron chi connectivity index (χ1n) is 8.19. The van der Waals surface area contributed by atoms with E-state index in [9.17, 15) is 14.4 Å². The summed E-state index contributed by atoms with van der Waals surface area (Å²) in [6.45, 7) is 0.293. The van der Waals surface area contributed by atoms with Crippen molar-refractivity contribution in [3.63, 3.8) is 0 Å². The van der Waals surface area contributed by atoms with Crippen LogP contribution in [0.4, 0.5) is 0 Å². The molecule has 0 saturated heterocycles. The predicted octanol–water partition coefficient (Wildman–Crippen LogP) is 1.57. The standard InChI is InChI=1S/C18H15N3O6/c22-16-13-4-1-10(25-13)7-19-17(23)14-5-2-12(26-14)9-21-18(24)15-6-3-11(27-15)8-20-16/h1-6H,7-9H2,(H,19,23)(H,20,22)(H,21,24). The number of hydrogen-bond donors (Lipinski definition) is 3. The van der Waals surface area contributed by atoms with Gasteiger partial charge in [0.2, 0.25) is 0 Å². The molecule has 6 bridgehead atoms. The second-order valence-electron chi connectivity index (χ2n) is 5.85. The Morgan fingerprint density at radius 1 is 0.519 bits per heavy atom. The zero-order valence-corrected chi connectivity index (χ0v) is 14.0. The molecule has 0 aliphatic carbocycles. The first kappa shape index (κ1) is 16.7. The fourth-order valence-corrected chi connectivity index (χ4v) is 2.55. The van der Waals surface area contributed by atoms with Gasteiger partial charge in [-0.3, -0.25) is 14.4 Å². The third-order valence-corrected chi connectivity index (χ3v) is 3.93. The zero-order chi connectivity index (χ0) is 18.8. The van der Waals surface area contributed by atoms with Gasteiger partial charge >= 0.3 is 0 Å². The number of hydrogen-bond acceptors (Lipinski definition) is 6. The molecule has 3 N–H and O–H groups in total. The van der Waals surface area contributed by atoms with Crippen molar-refractivity contribution in [3.8, 4) is 0 Å². The van der Waals surface area contributed by atoms with Gasteiger partial charge in [0.05, 0.1) is 19.6 Å². The number of fused-ring (bicyclic) bond motifs is 6. The number of carbonyl (C=O) groups is 3. The van der Waals surface area contributed by atoms with Gasteiger partial charge in [-0.2, -0.15) is 0 Å². The predicted molar refractivity (Wildman–Crippen MR) is 89.6 cm³/mol. The highest BCUT2D eigenvalue weighted by atomic mass is 16.4. The average molecular weight is 369 g/mol. The van der Waals surface area contributed by atoms with Crippen molar-refractivity contribution in [1.29, 1.82) is 0 Å². The molecule has 0 radical (unpaired) electrons. The van der Waals surface area contributed by atoms with E-state index in [1.807, 2.05) is 0 Å². The van der Waals surface area contributed by atoms with Gasteiger partial charge in [-0.15, -0.1) is 0 Å². The van der Waals surface area contributed by atoms with Crippen LogP contribution in [-0.2, 0) is 19.6 Å². The molecule has 9 nitrogen and oxygen atoms in total. The van der Waals surface area contributed by atoms with Crippen LogP contribution in [0.1, 0.15) is 48.9 Å². The summed E-state index contributed by atoms with van der Waals surface area (Å²) in [7, 11) is 0. The second kappa shape index (κ2) is 6.87. The van der Waals surface area contributed by atoms with Crippen LogP contribution >= 0.6 is 0 Å². The summed E-state index contributed by atoms with van der Waals surface area (Å²) in [5, 5.41) is 7.92. The van der Waals surface area contributed by atoms with Crippen molar-refractivity contribution in [2.24, 2.45) is 0 Å². The van der Waals surface area contributed by atoms with Gasteiger partial charge < -0.3 is 29.2 Å². The molecule has 0 saturated carbocycles. The van der Waals surface area contributed by atoms with E-state index in [0.29, 0.717) is 17.3 Å². The highest BCUT2D eigenvalue weighted by Gasteiger charge is 2.17. The Kier molecular flexibility index (Phi) is 4.25. The Bertz CT molecular complexity index is 883. The van der Waals surface area contributed by atoms with Crippen LogP contribution in [0.25, 0.3) is 0 Å². The zero-order valence-electron chi connectivity index (χ0n) is 14.0. The number of furan rings is 3. The van der Waals surface area contributed by atoms with Crippen LogP contribution in [0.15, 0.2) is 49.6 Å². The minimum Gasteiger partial charge on any atom is -0.454 e. The highest BCUT2D eigenvalue weighted by Crippen LogP contribution is 2.13. The van der Waals surface area contributed by atoms with Gasteiger partial charge in [0.25, 0.3) is 17.7 Å². The van der Waals surface area contributed by atoms with Crippen LogP contribution in [0.3, 0.4) is 0 Å². The van der Waals surface area contributed by atoms with Gasteiger partial charge in [-0.1, -0.05) is 0 Å². The van der Waals surface area contributed by atoms with E-state index in [4.69, 9.17) is 13.3 Å². The minimum absolute atomic E-state index is 0.0976. The number of carbonyl (C=O) groups excluding carboxylic acids is 3. The molecule has 9 heteroatoms. The van der Waals surface area contributed by atoms with E-state index < -0.39 is 17.7 Å². The average Bonchev–Trinajstić information content (AvgIpc) is 3.42. The lowest BCUT2D eigenvalue weighted by Gasteiger charge is -2.04. The third kappa shape index (κ3) is 3.61. The Labute approximate surface area is 152 Å². The van der Waals surface area contributed by atoms with Gasteiger partial charge in [0.1, 0.15) is 17.3 Å². The third-order valence-electron chi connectivity index (χ3n) is 3.93. The lowest BCUT2D eigenvalue weighted by molar-refractivity contribution is 0.0911. The molecule has 3 aromatic rings. The monoisotopic (exact) mass is 369 g/mol. The quantitative estimate of drug-likeness (QED) is 0.552. The molecule has 1 aliphatic heterocycles. The largest absolute Gasteiger partial charge is 0.454 e. The minimum atomic E-state index is -0.438. The summed E-state index contributed by atoms with van der Waals surface area (Å²) >= 11 is 0. The molecular weight excluding hydrogens is 354 g/mol. The Hall–Kier alpha value is -3.75. The maximum absolute atomic E-state index is 12.1. The number of nitrogens with one attached hydrogen (secondary N) is 3. The van der Waals surface area contributed by atoms with Crippen LogP contribution in [0.5, 0.6) is 0 Å². The van der Waals surface area contributed by atoms with Gasteiger partial charge in [-0.25, -0.2) is 0 Å². The molecule has 4 heterocycles. The molecule has 3 amide bonds. The summed E-state index contributed by atoms with van der Waals surface area (Å²) in [5.41, 5.74) is 0. The smallest absolute Gasteiger partial charge is 0.287 e. The van der Waals surface area contributed by atoms with Crippen molar-refractivity contribution < 1.29 is 27.6 Å². The van der Waals surface area contributed by atoms with Crippen molar-refractivity contribution in [1.82, 2.24) is 16.0 Å². The normalized spacial score (nSPS) is 15.3. The van der Waals surface area contributed by atoms with E-state index in [0.717, 1.165) is 0 Å². The van der Waals surface area contributed by atoms with E-state index in [-0.39, 0.29) is 36.9 Å². The van der Waals surface area contributed by atoms with Crippen molar-refractivity contribution >= 4 is 17.7 Å². The molecule has 138 valence electrons. The lowest BCUT2D eigenvalue weighted by atomic mass is 10.3. The SMILES string of the molecule is O=C1NCc2ccc(o2)C(=O)NCc2ccc(o2)C(=O)NCc2ccc1o2. The van der Waals surface area contributed by atoms with Gasteiger partial charge in [0, 0.05) is 0 Å². The fraction of sp³-hybridized carbons (Fsp3) is 0.167. The van der Waals surface area contributed by atoms with Gasteiger partial charge in [-0.05, 0) is 36.4 Å². The molecule has 4 rings (SSSR count). The Balaban J connectivity index is 1.59. The molecule has 0 aromatic carbocycles. The summed E-state index contributed by atoms with van der Waals surface area (Å²) in [6.07, 6.45) is 0. The summed E-state index contributed by atoms with van der Waals surface area (Å²) < 4.78 is 16.3. The van der Waals surface area contributed by atoms with Gasteiger partial charge in [0.15, 0.2) is 17.3 Å². The maximum Gasteiger partial charge on any atom is 0.287 e. The van der Waals surface area contributed by atoms with Crippen LogP contribution < -0.4 is 16.0 Å². The van der Waals surface area contributed by atoms with Crippen LogP contribution in [0, 0.1) is 0 Å². The van der Waals surface area contributed by atoms with Crippen LogP contribution in [-0.4, -0.2) is 17.7 Å². The maximum atomic E-state index is 12.1. The lowest BCUT2D eigenvalue weighted by Crippen LogP contribution is -2.24. The van der Waals surface area contributed by atoms with Crippen molar-refractivity contribution in [3.05, 3.63) is 71.0 Å². The molecule has 0 spiro atoms. The molecule has 3 aromatic heterocycles. The summed E-state index contributed by atoms with van der Waals surface area (Å²) in [5.74, 6) is 0.266. The van der Waals surface area contributed by atoms with Crippen molar-refractivity contribution in [2.45, 2.75) is 19.6 Å². The van der Waals surface area contributed by atoms with E-state index in [2.05, 4.69) is 16.0 Å². The first-order chi connectivity index (χ1) is 13.1. The second-order valence-corrected chi connectivity index (χ2v) is 5.85. The van der Waals surface area contributed by atoms with Crippen molar-refractivity contribution in [2.75, 3.05) is 0 Å². The molecular formula is C18H15N3O6. The molecule has 0 unspecified atom stereocenters. The molecule has 0 fully saturated rings. The first-order valence-corrected chi connectivity index (χ1v) is 8.19. The fourth-order valence-electron chi connectivity index (χ4n) is 2.55.